The molecule has 0 unspecified atom stereocenters. The Morgan fingerprint density at radius 3 is 2.68 bits per heavy atom. The van der Waals surface area contributed by atoms with Gasteiger partial charge in [0.2, 0.25) is 5.88 Å². The number of nitrogen functional groups attached to an aromatic ring is 1. The fourth-order valence-electron chi connectivity index (χ4n) is 1.85. The van der Waals surface area contributed by atoms with Gasteiger partial charge in [-0.25, -0.2) is 0 Å². The van der Waals surface area contributed by atoms with Crippen LogP contribution >= 0.6 is 15.9 Å². The average molecular weight is 317 g/mol. The third-order valence-corrected chi connectivity index (χ3v) is 3.41. The summed E-state index contributed by atoms with van der Waals surface area (Å²) in [7, 11) is 0. The minimum Gasteiger partial charge on any atom is -0.367 e. The highest BCUT2D eigenvalue weighted by Crippen LogP contribution is 2.39. The molecule has 0 radical (unpaired) electrons. The zero-order valence-corrected chi connectivity index (χ0v) is 11.3. The molecule has 0 fully saturated rings. The van der Waals surface area contributed by atoms with Crippen LogP contribution in [0.2, 0.25) is 0 Å². The summed E-state index contributed by atoms with van der Waals surface area (Å²) >= 11 is 3.51. The van der Waals surface area contributed by atoms with Gasteiger partial charge in [-0.2, -0.15) is 10.2 Å². The molecular formula is C13H9BrN4O. The van der Waals surface area contributed by atoms with E-state index in [1.807, 2.05) is 30.3 Å². The van der Waals surface area contributed by atoms with Crippen molar-refractivity contribution < 1.29 is 4.52 Å². The first-order valence-corrected chi connectivity index (χ1v) is 6.34. The smallest absolute Gasteiger partial charge is 0.230 e. The Balaban J connectivity index is 2.23. The summed E-state index contributed by atoms with van der Waals surface area (Å²) in [5.41, 5.74) is 9.03. The molecule has 0 saturated carbocycles. The molecular weight excluding hydrogens is 308 g/mol. The van der Waals surface area contributed by atoms with E-state index in [1.54, 1.807) is 12.4 Å². The highest BCUT2D eigenvalue weighted by Gasteiger charge is 2.19. The number of nitrogens with zero attached hydrogens (tertiary/aromatic N) is 3. The fourth-order valence-corrected chi connectivity index (χ4v) is 2.34. The second-order valence-electron chi connectivity index (χ2n) is 3.88. The Morgan fingerprint density at radius 2 is 1.95 bits per heavy atom. The Labute approximate surface area is 117 Å². The highest BCUT2D eigenvalue weighted by molar-refractivity contribution is 9.10. The lowest BCUT2D eigenvalue weighted by Crippen LogP contribution is -1.89. The van der Waals surface area contributed by atoms with E-state index >= 15 is 0 Å². The summed E-state index contributed by atoms with van der Waals surface area (Å²) in [4.78, 5) is 0. The monoisotopic (exact) mass is 316 g/mol. The van der Waals surface area contributed by atoms with Crippen LogP contribution < -0.4 is 5.73 Å². The van der Waals surface area contributed by atoms with Crippen molar-refractivity contribution in [2.45, 2.75) is 0 Å². The average Bonchev–Trinajstić information content (AvgIpc) is 2.82. The van der Waals surface area contributed by atoms with Gasteiger partial charge in [0.15, 0.2) is 0 Å². The normalized spacial score (nSPS) is 10.6. The van der Waals surface area contributed by atoms with Crippen molar-refractivity contribution in [3.63, 3.8) is 0 Å². The third-order valence-electron chi connectivity index (χ3n) is 2.72. The maximum atomic E-state index is 5.89. The molecule has 2 aromatic heterocycles. The van der Waals surface area contributed by atoms with Gasteiger partial charge in [0, 0.05) is 15.6 Å². The fraction of sp³-hybridized carbons (Fsp3) is 0. The summed E-state index contributed by atoms with van der Waals surface area (Å²) in [6.07, 6.45) is 3.22. The first kappa shape index (κ1) is 11.9. The lowest BCUT2D eigenvalue weighted by Gasteiger charge is -2.04. The Hall–Kier alpha value is -2.21. The SMILES string of the molecule is Nc1onc(-c2ccnnc2)c1-c1ccccc1Br. The summed E-state index contributed by atoms with van der Waals surface area (Å²) in [6, 6.07) is 9.57. The van der Waals surface area contributed by atoms with Crippen LogP contribution in [0, 0.1) is 0 Å². The van der Waals surface area contributed by atoms with Crippen molar-refractivity contribution in [3.8, 4) is 22.4 Å². The second-order valence-corrected chi connectivity index (χ2v) is 4.74. The molecule has 2 N–H and O–H groups in total. The molecule has 3 rings (SSSR count). The molecule has 0 aliphatic rings. The van der Waals surface area contributed by atoms with E-state index in [2.05, 4.69) is 31.3 Å². The summed E-state index contributed by atoms with van der Waals surface area (Å²) in [6.45, 7) is 0. The number of halogens is 1. The van der Waals surface area contributed by atoms with Gasteiger partial charge in [-0.1, -0.05) is 39.3 Å². The summed E-state index contributed by atoms with van der Waals surface area (Å²) in [5, 5.41) is 11.6. The first-order chi connectivity index (χ1) is 9.27. The quantitative estimate of drug-likeness (QED) is 0.785. The Bertz CT molecular complexity index is 712. The van der Waals surface area contributed by atoms with Crippen LogP contribution in [0.25, 0.3) is 22.4 Å². The largest absolute Gasteiger partial charge is 0.367 e. The van der Waals surface area contributed by atoms with Crippen LogP contribution in [0.5, 0.6) is 0 Å². The highest BCUT2D eigenvalue weighted by atomic mass is 79.9. The van der Waals surface area contributed by atoms with Crippen molar-refractivity contribution in [2.24, 2.45) is 0 Å². The van der Waals surface area contributed by atoms with Crippen molar-refractivity contribution in [1.82, 2.24) is 15.4 Å². The van der Waals surface area contributed by atoms with Crippen LogP contribution in [0.15, 0.2) is 51.7 Å². The Morgan fingerprint density at radius 1 is 1.11 bits per heavy atom. The van der Waals surface area contributed by atoms with E-state index in [9.17, 15) is 0 Å². The minimum absolute atomic E-state index is 0.277. The number of benzene rings is 1. The Kier molecular flexibility index (Phi) is 3.00. The van der Waals surface area contributed by atoms with E-state index in [0.717, 1.165) is 21.2 Å². The number of rotatable bonds is 2. The lowest BCUT2D eigenvalue weighted by molar-refractivity contribution is 0.439. The van der Waals surface area contributed by atoms with Gasteiger partial charge in [-0.05, 0) is 12.1 Å². The summed E-state index contributed by atoms with van der Waals surface area (Å²) in [5.74, 6) is 0.277. The second kappa shape index (κ2) is 4.81. The summed E-state index contributed by atoms with van der Waals surface area (Å²) < 4.78 is 6.04. The molecule has 1 aromatic carbocycles. The number of anilines is 1. The van der Waals surface area contributed by atoms with Crippen LogP contribution in [0.4, 0.5) is 5.88 Å². The van der Waals surface area contributed by atoms with Crippen molar-refractivity contribution in [3.05, 3.63) is 47.2 Å². The van der Waals surface area contributed by atoms with Crippen LogP contribution in [-0.2, 0) is 0 Å². The molecule has 19 heavy (non-hydrogen) atoms. The van der Waals surface area contributed by atoms with Crippen LogP contribution in [0.1, 0.15) is 0 Å². The zero-order valence-electron chi connectivity index (χ0n) is 9.75. The van der Waals surface area contributed by atoms with Gasteiger partial charge < -0.3 is 10.3 Å². The predicted octanol–water partition coefficient (Wildman–Crippen LogP) is 3.14. The van der Waals surface area contributed by atoms with E-state index < -0.39 is 0 Å². The molecule has 0 saturated heterocycles. The van der Waals surface area contributed by atoms with Crippen molar-refractivity contribution in [1.29, 1.82) is 0 Å². The zero-order chi connectivity index (χ0) is 13.2. The van der Waals surface area contributed by atoms with Gasteiger partial charge in [0.05, 0.1) is 18.0 Å². The number of nitrogens with two attached hydrogens (primary N) is 1. The molecule has 0 aliphatic carbocycles. The molecule has 0 aliphatic heterocycles. The van der Waals surface area contributed by atoms with Gasteiger partial charge >= 0.3 is 0 Å². The molecule has 2 heterocycles. The predicted molar refractivity (Wildman–Crippen MR) is 75.1 cm³/mol. The number of hydrogen-bond donors (Lipinski definition) is 1. The standard InChI is InChI=1S/C13H9BrN4O/c14-10-4-2-1-3-9(10)11-12(18-19-13(11)15)8-5-6-16-17-7-8/h1-7H,15H2. The van der Waals surface area contributed by atoms with E-state index in [4.69, 9.17) is 10.3 Å². The van der Waals surface area contributed by atoms with Gasteiger partial charge in [-0.3, -0.25) is 0 Å². The van der Waals surface area contributed by atoms with Crippen LogP contribution in [0.3, 0.4) is 0 Å². The topological polar surface area (TPSA) is 77.8 Å². The molecule has 0 spiro atoms. The molecule has 0 bridgehead atoms. The first-order valence-electron chi connectivity index (χ1n) is 5.54. The minimum atomic E-state index is 0.277. The molecule has 6 heteroatoms. The molecule has 94 valence electrons. The molecule has 0 atom stereocenters. The van der Waals surface area contributed by atoms with Gasteiger partial charge in [0.25, 0.3) is 0 Å². The van der Waals surface area contributed by atoms with Gasteiger partial charge in [-0.15, -0.1) is 0 Å². The van der Waals surface area contributed by atoms with E-state index in [0.29, 0.717) is 5.69 Å². The lowest BCUT2D eigenvalue weighted by atomic mass is 10.0. The van der Waals surface area contributed by atoms with Crippen LogP contribution in [-0.4, -0.2) is 15.4 Å². The third kappa shape index (κ3) is 2.10. The van der Waals surface area contributed by atoms with E-state index in [1.165, 1.54) is 0 Å². The van der Waals surface area contributed by atoms with Crippen molar-refractivity contribution in [2.75, 3.05) is 5.73 Å². The molecule has 5 nitrogen and oxygen atoms in total. The molecule has 0 amide bonds. The number of aromatic nitrogens is 3. The number of hydrogen-bond acceptors (Lipinski definition) is 5. The maximum Gasteiger partial charge on any atom is 0.230 e. The van der Waals surface area contributed by atoms with Crippen molar-refractivity contribution >= 4 is 21.8 Å². The van der Waals surface area contributed by atoms with E-state index in [-0.39, 0.29) is 5.88 Å². The molecule has 3 aromatic rings. The van der Waals surface area contributed by atoms with Gasteiger partial charge in [0.1, 0.15) is 5.69 Å². The maximum absolute atomic E-state index is 5.89.